The smallest absolute Gasteiger partial charge is 0.340 e. The fourth-order valence-electron chi connectivity index (χ4n) is 3.46. The van der Waals surface area contributed by atoms with Crippen molar-refractivity contribution in [1.82, 2.24) is 19.9 Å². The Bertz CT molecular complexity index is 1310. The molecule has 0 aliphatic heterocycles. The molecule has 162 valence electrons. The topological polar surface area (TPSA) is 125 Å². The van der Waals surface area contributed by atoms with Gasteiger partial charge in [0.2, 0.25) is 11.9 Å². The van der Waals surface area contributed by atoms with Crippen LogP contribution in [-0.2, 0) is 11.3 Å². The van der Waals surface area contributed by atoms with Crippen LogP contribution in [-0.4, -0.2) is 33.0 Å². The first-order valence-corrected chi connectivity index (χ1v) is 9.90. The van der Waals surface area contributed by atoms with Gasteiger partial charge in [-0.15, -0.1) is 0 Å². The number of carbonyl (C=O) groups is 1. The Balaban J connectivity index is 1.54. The number of aryl methyl sites for hydroxylation is 2. The van der Waals surface area contributed by atoms with Crippen molar-refractivity contribution in [3.63, 3.8) is 0 Å². The van der Waals surface area contributed by atoms with Gasteiger partial charge >= 0.3 is 5.97 Å². The van der Waals surface area contributed by atoms with Crippen molar-refractivity contribution in [2.45, 2.75) is 20.5 Å². The van der Waals surface area contributed by atoms with Gasteiger partial charge in [0.05, 0.1) is 29.6 Å². The van der Waals surface area contributed by atoms with Gasteiger partial charge in [-0.2, -0.15) is 15.0 Å². The van der Waals surface area contributed by atoms with Gasteiger partial charge in [0, 0.05) is 5.39 Å². The number of methoxy groups -OCH3 is 1. The first-order valence-electron chi connectivity index (χ1n) is 9.90. The maximum Gasteiger partial charge on any atom is 0.340 e. The highest BCUT2D eigenvalue weighted by Gasteiger charge is 2.18. The standard InChI is InChI=1S/C23H22N6O3/c1-13-15-8-4-5-9-16(15)25-14(2)20(13)21(30)32-12-19-27-22(24)29-23(28-19)26-17-10-6-7-11-18(17)31-3/h4-11H,12H2,1-3H3,(H3,24,26,27,28,29). The second-order valence-electron chi connectivity index (χ2n) is 7.05. The summed E-state index contributed by atoms with van der Waals surface area (Å²) in [6, 6.07) is 15.0. The summed E-state index contributed by atoms with van der Waals surface area (Å²) >= 11 is 0. The number of nitrogens with zero attached hydrogens (tertiary/aromatic N) is 4. The molecule has 0 spiro atoms. The van der Waals surface area contributed by atoms with Crippen molar-refractivity contribution in [2.24, 2.45) is 0 Å². The van der Waals surface area contributed by atoms with Gasteiger partial charge in [-0.3, -0.25) is 4.98 Å². The lowest BCUT2D eigenvalue weighted by Gasteiger charge is -2.13. The van der Waals surface area contributed by atoms with Crippen LogP contribution in [0.25, 0.3) is 10.9 Å². The van der Waals surface area contributed by atoms with Gasteiger partial charge in [0.25, 0.3) is 0 Å². The van der Waals surface area contributed by atoms with E-state index in [1.54, 1.807) is 20.1 Å². The second-order valence-corrected chi connectivity index (χ2v) is 7.05. The molecule has 0 bridgehead atoms. The number of para-hydroxylation sites is 3. The fraction of sp³-hybridized carbons (Fsp3) is 0.174. The van der Waals surface area contributed by atoms with Crippen LogP contribution < -0.4 is 15.8 Å². The lowest BCUT2D eigenvalue weighted by molar-refractivity contribution is 0.0460. The molecule has 32 heavy (non-hydrogen) atoms. The van der Waals surface area contributed by atoms with Crippen LogP contribution in [0.5, 0.6) is 5.75 Å². The van der Waals surface area contributed by atoms with Crippen molar-refractivity contribution in [3.8, 4) is 5.75 Å². The quantitative estimate of drug-likeness (QED) is 0.440. The summed E-state index contributed by atoms with van der Waals surface area (Å²) in [5, 5.41) is 3.95. The van der Waals surface area contributed by atoms with E-state index in [4.69, 9.17) is 15.2 Å². The monoisotopic (exact) mass is 430 g/mol. The third-order valence-corrected chi connectivity index (χ3v) is 4.92. The van der Waals surface area contributed by atoms with Crippen molar-refractivity contribution in [1.29, 1.82) is 0 Å². The number of pyridine rings is 1. The summed E-state index contributed by atoms with van der Waals surface area (Å²) < 4.78 is 10.8. The highest BCUT2D eigenvalue weighted by Crippen LogP contribution is 2.26. The van der Waals surface area contributed by atoms with E-state index in [0.29, 0.717) is 22.7 Å². The molecule has 9 nitrogen and oxygen atoms in total. The molecule has 4 rings (SSSR count). The summed E-state index contributed by atoms with van der Waals surface area (Å²) in [5.41, 5.74) is 9.16. The van der Waals surface area contributed by atoms with E-state index in [2.05, 4.69) is 25.3 Å². The highest BCUT2D eigenvalue weighted by molar-refractivity contribution is 5.98. The van der Waals surface area contributed by atoms with Crippen LogP contribution in [0.3, 0.4) is 0 Å². The Hall–Kier alpha value is -4.27. The van der Waals surface area contributed by atoms with Gasteiger partial charge in [-0.1, -0.05) is 30.3 Å². The lowest BCUT2D eigenvalue weighted by atomic mass is 10.0. The molecule has 0 saturated carbocycles. The zero-order chi connectivity index (χ0) is 22.7. The van der Waals surface area contributed by atoms with Crippen LogP contribution in [0.1, 0.15) is 27.4 Å². The molecular weight excluding hydrogens is 408 g/mol. The first kappa shape index (κ1) is 21.0. The zero-order valence-corrected chi connectivity index (χ0v) is 17.9. The van der Waals surface area contributed by atoms with Gasteiger partial charge in [0.15, 0.2) is 12.4 Å². The molecule has 4 aromatic rings. The number of hydrogen-bond donors (Lipinski definition) is 2. The van der Waals surface area contributed by atoms with Gasteiger partial charge in [-0.25, -0.2) is 4.79 Å². The number of aromatic nitrogens is 4. The predicted molar refractivity (Wildman–Crippen MR) is 121 cm³/mol. The van der Waals surface area contributed by atoms with E-state index in [0.717, 1.165) is 16.5 Å². The Morgan fingerprint density at radius 1 is 1.00 bits per heavy atom. The Kier molecular flexibility index (Phi) is 5.80. The van der Waals surface area contributed by atoms with Crippen molar-refractivity contribution >= 4 is 34.5 Å². The molecular formula is C23H22N6O3. The summed E-state index contributed by atoms with van der Waals surface area (Å²) in [5.74, 6) is 0.550. The van der Waals surface area contributed by atoms with Crippen molar-refractivity contribution < 1.29 is 14.3 Å². The van der Waals surface area contributed by atoms with Crippen LogP contribution in [0, 0.1) is 13.8 Å². The summed E-state index contributed by atoms with van der Waals surface area (Å²) in [6.45, 7) is 3.49. The van der Waals surface area contributed by atoms with E-state index in [-0.39, 0.29) is 24.3 Å². The molecule has 2 aromatic carbocycles. The Morgan fingerprint density at radius 3 is 2.56 bits per heavy atom. The summed E-state index contributed by atoms with van der Waals surface area (Å²) in [7, 11) is 1.57. The van der Waals surface area contributed by atoms with Crippen LogP contribution in [0.15, 0.2) is 48.5 Å². The maximum atomic E-state index is 12.9. The first-order chi connectivity index (χ1) is 15.5. The third kappa shape index (κ3) is 4.27. The Morgan fingerprint density at radius 2 is 1.75 bits per heavy atom. The van der Waals surface area contributed by atoms with Crippen molar-refractivity contribution in [2.75, 3.05) is 18.2 Å². The molecule has 2 heterocycles. The molecule has 0 aliphatic rings. The number of carbonyl (C=O) groups excluding carboxylic acids is 1. The molecule has 0 radical (unpaired) electrons. The molecule has 2 aromatic heterocycles. The maximum absolute atomic E-state index is 12.9. The normalized spacial score (nSPS) is 10.7. The summed E-state index contributed by atoms with van der Waals surface area (Å²) in [4.78, 5) is 29.8. The van der Waals surface area contributed by atoms with Gasteiger partial charge in [-0.05, 0) is 37.6 Å². The van der Waals surface area contributed by atoms with Crippen LogP contribution in [0.2, 0.25) is 0 Å². The van der Waals surface area contributed by atoms with E-state index < -0.39 is 5.97 Å². The number of rotatable bonds is 6. The van der Waals surface area contributed by atoms with Crippen LogP contribution in [0.4, 0.5) is 17.6 Å². The molecule has 9 heteroatoms. The van der Waals surface area contributed by atoms with E-state index in [9.17, 15) is 4.79 Å². The number of esters is 1. The largest absolute Gasteiger partial charge is 0.495 e. The van der Waals surface area contributed by atoms with Crippen LogP contribution >= 0.6 is 0 Å². The molecule has 0 amide bonds. The summed E-state index contributed by atoms with van der Waals surface area (Å²) in [6.07, 6.45) is 0. The minimum absolute atomic E-state index is 0.00294. The third-order valence-electron chi connectivity index (χ3n) is 4.92. The highest BCUT2D eigenvalue weighted by atomic mass is 16.5. The molecule has 0 atom stereocenters. The number of nitrogens with one attached hydrogen (secondary N) is 1. The number of anilines is 3. The van der Waals surface area contributed by atoms with E-state index in [1.165, 1.54) is 0 Å². The molecule has 0 saturated heterocycles. The van der Waals surface area contributed by atoms with Gasteiger partial charge < -0.3 is 20.5 Å². The lowest BCUT2D eigenvalue weighted by Crippen LogP contribution is -2.14. The second kappa shape index (κ2) is 8.84. The fourth-order valence-corrected chi connectivity index (χ4v) is 3.46. The molecule has 3 N–H and O–H groups in total. The van der Waals surface area contributed by atoms with E-state index in [1.807, 2.05) is 49.4 Å². The van der Waals surface area contributed by atoms with Crippen molar-refractivity contribution in [3.05, 3.63) is 71.2 Å². The zero-order valence-electron chi connectivity index (χ0n) is 17.9. The number of ether oxygens (including phenoxy) is 2. The predicted octanol–water partition coefficient (Wildman–Crippen LogP) is 3.73. The van der Waals surface area contributed by atoms with Gasteiger partial charge in [0.1, 0.15) is 5.75 Å². The number of hydrogen-bond acceptors (Lipinski definition) is 9. The average molecular weight is 430 g/mol. The average Bonchev–Trinajstić information content (AvgIpc) is 2.78. The number of fused-ring (bicyclic) bond motifs is 1. The number of nitrogens with two attached hydrogens (primary N) is 1. The Labute approximate surface area is 184 Å². The molecule has 0 unspecified atom stereocenters. The molecule has 0 fully saturated rings. The SMILES string of the molecule is COc1ccccc1Nc1nc(N)nc(COC(=O)c2c(C)nc3ccccc3c2C)n1. The number of nitrogen functional groups attached to an aromatic ring is 1. The van der Waals surface area contributed by atoms with E-state index >= 15 is 0 Å². The minimum Gasteiger partial charge on any atom is -0.495 e. The minimum atomic E-state index is -0.503. The number of benzene rings is 2. The molecule has 0 aliphatic carbocycles.